The third-order valence-corrected chi connectivity index (χ3v) is 6.83. The second-order valence-electron chi connectivity index (χ2n) is 9.07. The van der Waals surface area contributed by atoms with Crippen molar-refractivity contribution >= 4 is 22.6 Å². The fourth-order valence-corrected chi connectivity index (χ4v) is 4.72. The summed E-state index contributed by atoms with van der Waals surface area (Å²) in [6.07, 6.45) is 3.45. The van der Waals surface area contributed by atoms with Gasteiger partial charge in [-0.2, -0.15) is 5.10 Å². The number of fused-ring (bicyclic) bond motifs is 3. The third kappa shape index (κ3) is 4.09. The van der Waals surface area contributed by atoms with Gasteiger partial charge in [0.15, 0.2) is 5.78 Å². The van der Waals surface area contributed by atoms with E-state index in [-0.39, 0.29) is 23.5 Å². The van der Waals surface area contributed by atoms with E-state index in [1.165, 1.54) is 5.56 Å². The average Bonchev–Trinajstić information content (AvgIpc) is 3.45. The monoisotopic (exact) mass is 440 g/mol. The summed E-state index contributed by atoms with van der Waals surface area (Å²) >= 11 is 0. The van der Waals surface area contributed by atoms with Gasteiger partial charge in [-0.3, -0.25) is 14.7 Å². The molecule has 0 aliphatic carbocycles. The van der Waals surface area contributed by atoms with Gasteiger partial charge in [-0.1, -0.05) is 44.2 Å². The molecule has 1 aliphatic rings. The largest absolute Gasteiger partial charge is 0.351 e. The highest BCUT2D eigenvalue weighted by Gasteiger charge is 2.24. The maximum atomic E-state index is 13.4. The number of aryl methyl sites for hydroxylation is 1. The summed E-state index contributed by atoms with van der Waals surface area (Å²) in [5.41, 5.74) is 5.62. The normalized spacial score (nSPS) is 15.5. The summed E-state index contributed by atoms with van der Waals surface area (Å²) in [7, 11) is 0. The molecular weight excluding hydrogens is 412 g/mol. The number of ketones is 1. The fraction of sp³-hybridized carbons (Fsp3) is 0.296. The Morgan fingerprint density at radius 1 is 1.12 bits per heavy atom. The first-order chi connectivity index (χ1) is 16.0. The lowest BCUT2D eigenvalue weighted by Gasteiger charge is -2.19. The number of aromatic nitrogens is 3. The highest BCUT2D eigenvalue weighted by atomic mass is 16.2. The standard InChI is InChI=1S/C27H28N4O2/c1-17(13-19-5-3-6-20(14-19)23-9-11-29-30-23)18(2)26(32)22-8-7-21-15-25-27(33)28-10-4-12-31(25)24(21)16-22/h3,5-9,11,14-18H,4,10,12-13H2,1-2H3,(H,28,33)(H,29,30). The van der Waals surface area contributed by atoms with Crippen LogP contribution in [0.2, 0.25) is 0 Å². The van der Waals surface area contributed by atoms with Crippen LogP contribution in [-0.4, -0.2) is 33.0 Å². The molecule has 0 radical (unpaired) electrons. The Balaban J connectivity index is 1.36. The molecule has 2 aromatic carbocycles. The van der Waals surface area contributed by atoms with Gasteiger partial charge in [-0.25, -0.2) is 0 Å². The van der Waals surface area contributed by atoms with Crippen LogP contribution in [-0.2, 0) is 13.0 Å². The van der Waals surface area contributed by atoms with E-state index in [0.29, 0.717) is 17.8 Å². The van der Waals surface area contributed by atoms with Crippen LogP contribution in [0, 0.1) is 11.8 Å². The van der Waals surface area contributed by atoms with Gasteiger partial charge >= 0.3 is 0 Å². The van der Waals surface area contributed by atoms with Crippen molar-refractivity contribution in [1.29, 1.82) is 0 Å². The summed E-state index contributed by atoms with van der Waals surface area (Å²) in [5.74, 6) is 0.152. The summed E-state index contributed by atoms with van der Waals surface area (Å²) in [4.78, 5) is 25.8. The maximum absolute atomic E-state index is 13.4. The minimum atomic E-state index is -0.125. The van der Waals surface area contributed by atoms with E-state index in [4.69, 9.17) is 0 Å². The van der Waals surface area contributed by atoms with Crippen LogP contribution in [0.15, 0.2) is 60.8 Å². The van der Waals surface area contributed by atoms with E-state index in [1.54, 1.807) is 6.20 Å². The van der Waals surface area contributed by atoms with Gasteiger partial charge in [0.05, 0.1) is 5.69 Å². The van der Waals surface area contributed by atoms with Crippen molar-refractivity contribution in [3.63, 3.8) is 0 Å². The molecule has 2 unspecified atom stereocenters. The first-order valence-electron chi connectivity index (χ1n) is 11.6. The van der Waals surface area contributed by atoms with Crippen molar-refractivity contribution in [1.82, 2.24) is 20.1 Å². The summed E-state index contributed by atoms with van der Waals surface area (Å²) in [6.45, 7) is 5.60. The van der Waals surface area contributed by atoms with E-state index in [1.807, 2.05) is 47.9 Å². The summed E-state index contributed by atoms with van der Waals surface area (Å²) in [6, 6.07) is 18.1. The van der Waals surface area contributed by atoms with E-state index in [0.717, 1.165) is 41.5 Å². The molecule has 2 atom stereocenters. The minimum Gasteiger partial charge on any atom is -0.351 e. The highest BCUT2D eigenvalue weighted by Crippen LogP contribution is 2.27. The van der Waals surface area contributed by atoms with Crippen LogP contribution in [0.25, 0.3) is 22.2 Å². The Hall–Kier alpha value is -3.67. The Labute approximate surface area is 193 Å². The van der Waals surface area contributed by atoms with Crippen molar-refractivity contribution in [2.45, 2.75) is 33.2 Å². The topological polar surface area (TPSA) is 79.8 Å². The van der Waals surface area contributed by atoms with Crippen molar-refractivity contribution in [2.24, 2.45) is 11.8 Å². The molecule has 4 aromatic rings. The van der Waals surface area contributed by atoms with Gasteiger partial charge in [0.25, 0.3) is 5.91 Å². The third-order valence-electron chi connectivity index (χ3n) is 6.83. The molecule has 33 heavy (non-hydrogen) atoms. The van der Waals surface area contributed by atoms with Crippen LogP contribution in [0.5, 0.6) is 0 Å². The van der Waals surface area contributed by atoms with Gasteiger partial charge in [-0.15, -0.1) is 0 Å². The van der Waals surface area contributed by atoms with Crippen molar-refractivity contribution in [3.05, 3.63) is 77.6 Å². The number of hydrogen-bond acceptors (Lipinski definition) is 3. The van der Waals surface area contributed by atoms with Gasteiger partial charge in [-0.05, 0) is 54.2 Å². The SMILES string of the molecule is CC(Cc1cccc(-c2ccn[nH]2)c1)C(C)C(=O)c1ccc2cc3n(c2c1)CCCNC3=O. The molecule has 0 saturated carbocycles. The predicted octanol–water partition coefficient (Wildman–Crippen LogP) is 4.86. The lowest BCUT2D eigenvalue weighted by atomic mass is 9.84. The predicted molar refractivity (Wildman–Crippen MR) is 129 cm³/mol. The molecule has 0 fully saturated rings. The molecule has 3 heterocycles. The minimum absolute atomic E-state index is 0.0454. The second-order valence-corrected chi connectivity index (χ2v) is 9.07. The number of carbonyl (C=O) groups excluding carboxylic acids is 2. The smallest absolute Gasteiger partial charge is 0.267 e. The van der Waals surface area contributed by atoms with Crippen molar-refractivity contribution in [3.8, 4) is 11.3 Å². The lowest BCUT2D eigenvalue weighted by Crippen LogP contribution is -2.22. The van der Waals surface area contributed by atoms with E-state index in [9.17, 15) is 9.59 Å². The van der Waals surface area contributed by atoms with Gasteiger partial charge < -0.3 is 9.88 Å². The zero-order valence-corrected chi connectivity index (χ0v) is 19.0. The van der Waals surface area contributed by atoms with Crippen LogP contribution >= 0.6 is 0 Å². The molecule has 5 rings (SSSR count). The number of nitrogens with one attached hydrogen (secondary N) is 2. The van der Waals surface area contributed by atoms with Crippen LogP contribution in [0.3, 0.4) is 0 Å². The van der Waals surface area contributed by atoms with E-state index < -0.39 is 0 Å². The number of carbonyl (C=O) groups is 2. The number of amides is 1. The number of benzene rings is 2. The van der Waals surface area contributed by atoms with Crippen LogP contribution in [0.4, 0.5) is 0 Å². The average molecular weight is 441 g/mol. The second kappa shape index (κ2) is 8.70. The molecule has 2 N–H and O–H groups in total. The zero-order valence-electron chi connectivity index (χ0n) is 19.0. The van der Waals surface area contributed by atoms with E-state index >= 15 is 0 Å². The van der Waals surface area contributed by atoms with Crippen molar-refractivity contribution in [2.75, 3.05) is 6.54 Å². The molecule has 0 saturated heterocycles. The molecule has 6 heteroatoms. The Bertz CT molecular complexity index is 1320. The van der Waals surface area contributed by atoms with Gasteiger partial charge in [0.1, 0.15) is 5.69 Å². The number of aromatic amines is 1. The Morgan fingerprint density at radius 3 is 2.82 bits per heavy atom. The lowest BCUT2D eigenvalue weighted by molar-refractivity contribution is 0.0892. The van der Waals surface area contributed by atoms with Crippen molar-refractivity contribution < 1.29 is 9.59 Å². The maximum Gasteiger partial charge on any atom is 0.267 e. The van der Waals surface area contributed by atoms with E-state index in [2.05, 4.69) is 40.6 Å². The molecule has 0 spiro atoms. The highest BCUT2D eigenvalue weighted by molar-refractivity contribution is 6.03. The Kier molecular flexibility index (Phi) is 5.58. The molecule has 1 amide bonds. The molecule has 0 bridgehead atoms. The zero-order chi connectivity index (χ0) is 22.9. The Morgan fingerprint density at radius 2 is 2.00 bits per heavy atom. The quantitative estimate of drug-likeness (QED) is 0.420. The number of rotatable bonds is 6. The molecule has 6 nitrogen and oxygen atoms in total. The first kappa shape index (κ1) is 21.2. The number of nitrogens with zero attached hydrogens (tertiary/aromatic N) is 2. The molecule has 1 aliphatic heterocycles. The van der Waals surface area contributed by atoms with Crippen LogP contribution < -0.4 is 5.32 Å². The summed E-state index contributed by atoms with van der Waals surface area (Å²) < 4.78 is 2.05. The molecule has 2 aromatic heterocycles. The van der Waals surface area contributed by atoms with Gasteiger partial charge in [0.2, 0.25) is 0 Å². The number of H-pyrrole nitrogens is 1. The van der Waals surface area contributed by atoms with Gasteiger partial charge in [0, 0.05) is 41.7 Å². The first-order valence-corrected chi connectivity index (χ1v) is 11.6. The fourth-order valence-electron chi connectivity index (χ4n) is 4.72. The van der Waals surface area contributed by atoms with Crippen LogP contribution in [0.1, 0.15) is 46.7 Å². The number of hydrogen-bond donors (Lipinski definition) is 2. The molecule has 168 valence electrons. The summed E-state index contributed by atoms with van der Waals surface area (Å²) in [5, 5.41) is 11.0. The number of Topliss-reactive ketones (excluding diaryl/α,β-unsaturated/α-hetero) is 1. The molecular formula is C27H28N4O2.